The first-order valence-corrected chi connectivity index (χ1v) is 11.6. The second kappa shape index (κ2) is 8.84. The molecule has 0 aromatic heterocycles. The summed E-state index contributed by atoms with van der Waals surface area (Å²) in [5.41, 5.74) is 1.48. The van der Waals surface area contributed by atoms with Crippen molar-refractivity contribution in [1.29, 1.82) is 0 Å². The number of nitrogens with zero attached hydrogens (tertiary/aromatic N) is 2. The van der Waals surface area contributed by atoms with Crippen LogP contribution in [-0.2, 0) is 16.2 Å². The molecule has 2 aromatic carbocycles. The summed E-state index contributed by atoms with van der Waals surface area (Å²) in [6, 6.07) is 10.5. The van der Waals surface area contributed by atoms with Crippen LogP contribution in [0, 0.1) is 23.7 Å². The average molecular weight is 485 g/mol. The molecule has 2 bridgehead atoms. The molecular weight excluding hydrogens is 463 g/mol. The number of allylic oxidation sites excluding steroid dienone is 2. The number of halogens is 2. The maximum Gasteiger partial charge on any atom is 0.254 e. The third-order valence-corrected chi connectivity index (χ3v) is 7.23. The fourth-order valence-electron chi connectivity index (χ4n) is 4.97. The van der Waals surface area contributed by atoms with Gasteiger partial charge in [-0.05, 0) is 60.6 Å². The molecule has 6 nitrogen and oxygen atoms in total. The Balaban J connectivity index is 1.30. The summed E-state index contributed by atoms with van der Waals surface area (Å²) in [5.74, 6) is 0.359. The van der Waals surface area contributed by atoms with Gasteiger partial charge in [0, 0.05) is 15.6 Å². The molecule has 170 valence electrons. The molecule has 4 aliphatic rings. The van der Waals surface area contributed by atoms with Crippen molar-refractivity contribution in [2.24, 2.45) is 28.8 Å². The maximum absolute atomic E-state index is 12.9. The SMILES string of the molecule is COc1cc(/C=N/N2C(=O)C3C4C=CC(CC4)C3C2=O)ccc1OCc1ccc(Cl)cc1Cl. The number of ether oxygens (including phenoxy) is 2. The summed E-state index contributed by atoms with van der Waals surface area (Å²) < 4.78 is 11.3. The number of imide groups is 1. The fourth-order valence-corrected chi connectivity index (χ4v) is 5.44. The van der Waals surface area contributed by atoms with Crippen LogP contribution in [0.5, 0.6) is 11.5 Å². The highest BCUT2D eigenvalue weighted by Crippen LogP contribution is 2.49. The molecule has 6 rings (SSSR count). The quantitative estimate of drug-likeness (QED) is 0.324. The van der Waals surface area contributed by atoms with Crippen molar-refractivity contribution in [3.05, 3.63) is 69.7 Å². The van der Waals surface area contributed by atoms with E-state index in [0.29, 0.717) is 27.1 Å². The Kier molecular flexibility index (Phi) is 5.89. The van der Waals surface area contributed by atoms with Crippen LogP contribution in [-0.4, -0.2) is 30.1 Å². The highest BCUT2D eigenvalue weighted by molar-refractivity contribution is 6.35. The molecule has 33 heavy (non-hydrogen) atoms. The van der Waals surface area contributed by atoms with E-state index in [0.717, 1.165) is 23.4 Å². The molecular formula is C25H22Cl2N2O4. The molecule has 4 atom stereocenters. The van der Waals surface area contributed by atoms with Crippen molar-refractivity contribution in [2.45, 2.75) is 19.4 Å². The van der Waals surface area contributed by atoms with E-state index in [4.69, 9.17) is 32.7 Å². The van der Waals surface area contributed by atoms with Crippen molar-refractivity contribution < 1.29 is 19.1 Å². The van der Waals surface area contributed by atoms with Crippen molar-refractivity contribution in [1.82, 2.24) is 5.01 Å². The van der Waals surface area contributed by atoms with Gasteiger partial charge in [-0.15, -0.1) is 0 Å². The Hall–Kier alpha value is -2.83. The van der Waals surface area contributed by atoms with E-state index >= 15 is 0 Å². The minimum absolute atomic E-state index is 0.141. The van der Waals surface area contributed by atoms with E-state index < -0.39 is 0 Å². The largest absolute Gasteiger partial charge is 0.493 e. The predicted molar refractivity (Wildman–Crippen MR) is 126 cm³/mol. The van der Waals surface area contributed by atoms with Crippen LogP contribution in [0.15, 0.2) is 53.7 Å². The molecule has 2 aromatic rings. The van der Waals surface area contributed by atoms with Crippen molar-refractivity contribution in [2.75, 3.05) is 7.11 Å². The lowest BCUT2D eigenvalue weighted by molar-refractivity contribution is -0.140. The van der Waals surface area contributed by atoms with Crippen LogP contribution in [0.3, 0.4) is 0 Å². The van der Waals surface area contributed by atoms with E-state index in [1.807, 2.05) is 6.07 Å². The summed E-state index contributed by atoms with van der Waals surface area (Å²) in [4.78, 5) is 25.8. The van der Waals surface area contributed by atoms with Crippen molar-refractivity contribution >= 4 is 41.2 Å². The van der Waals surface area contributed by atoms with Crippen LogP contribution < -0.4 is 9.47 Å². The molecule has 1 saturated carbocycles. The molecule has 1 saturated heterocycles. The molecule has 1 aliphatic heterocycles. The van der Waals surface area contributed by atoms with Crippen LogP contribution in [0.2, 0.25) is 10.0 Å². The van der Waals surface area contributed by atoms with Crippen LogP contribution in [0.1, 0.15) is 24.0 Å². The van der Waals surface area contributed by atoms with Gasteiger partial charge in [-0.3, -0.25) is 9.59 Å². The molecule has 2 fully saturated rings. The number of benzene rings is 2. The first-order chi connectivity index (χ1) is 16.0. The summed E-state index contributed by atoms with van der Waals surface area (Å²) >= 11 is 12.2. The number of carbonyl (C=O) groups is 2. The number of fused-ring (bicyclic) bond motifs is 1. The summed E-state index contributed by atoms with van der Waals surface area (Å²) in [7, 11) is 1.54. The second-order valence-corrected chi connectivity index (χ2v) is 9.35. The number of rotatable bonds is 6. The Morgan fingerprint density at radius 1 is 1.00 bits per heavy atom. The molecule has 3 aliphatic carbocycles. The molecule has 0 spiro atoms. The van der Waals surface area contributed by atoms with Gasteiger partial charge in [0.15, 0.2) is 11.5 Å². The molecule has 2 amide bonds. The van der Waals surface area contributed by atoms with E-state index in [-0.39, 0.29) is 42.1 Å². The first kappa shape index (κ1) is 22.0. The smallest absolute Gasteiger partial charge is 0.254 e. The number of hydrazone groups is 1. The van der Waals surface area contributed by atoms with Gasteiger partial charge in [0.25, 0.3) is 11.8 Å². The number of methoxy groups -OCH3 is 1. The molecule has 0 radical (unpaired) electrons. The average Bonchev–Trinajstić information content (AvgIpc) is 3.10. The Morgan fingerprint density at radius 3 is 2.30 bits per heavy atom. The van der Waals surface area contributed by atoms with E-state index in [1.54, 1.807) is 37.4 Å². The third-order valence-electron chi connectivity index (χ3n) is 6.64. The molecule has 1 heterocycles. The van der Waals surface area contributed by atoms with E-state index in [2.05, 4.69) is 17.3 Å². The van der Waals surface area contributed by atoms with Gasteiger partial charge in [-0.2, -0.15) is 10.1 Å². The van der Waals surface area contributed by atoms with Gasteiger partial charge >= 0.3 is 0 Å². The fraction of sp³-hybridized carbons (Fsp3) is 0.320. The van der Waals surface area contributed by atoms with Gasteiger partial charge in [-0.25, -0.2) is 0 Å². The lowest BCUT2D eigenvalue weighted by atomic mass is 9.63. The lowest BCUT2D eigenvalue weighted by Crippen LogP contribution is -2.38. The number of hydrogen-bond donors (Lipinski definition) is 0. The molecule has 8 heteroatoms. The number of hydrogen-bond acceptors (Lipinski definition) is 5. The monoisotopic (exact) mass is 484 g/mol. The van der Waals surface area contributed by atoms with E-state index in [1.165, 1.54) is 6.21 Å². The Bertz CT molecular complexity index is 1150. The topological polar surface area (TPSA) is 68.2 Å². The van der Waals surface area contributed by atoms with Crippen molar-refractivity contribution in [3.8, 4) is 11.5 Å². The highest BCUT2D eigenvalue weighted by Gasteiger charge is 2.56. The summed E-state index contributed by atoms with van der Waals surface area (Å²) in [6.07, 6.45) is 7.60. The molecule has 4 unspecified atom stereocenters. The van der Waals surface area contributed by atoms with Crippen molar-refractivity contribution in [3.63, 3.8) is 0 Å². The number of carbonyl (C=O) groups excluding carboxylic acids is 2. The zero-order chi connectivity index (χ0) is 23.1. The van der Waals surface area contributed by atoms with E-state index in [9.17, 15) is 9.59 Å². The zero-order valence-electron chi connectivity index (χ0n) is 17.9. The first-order valence-electron chi connectivity index (χ1n) is 10.8. The zero-order valence-corrected chi connectivity index (χ0v) is 19.4. The maximum atomic E-state index is 12.9. The van der Waals surface area contributed by atoms with Crippen LogP contribution >= 0.6 is 23.2 Å². The minimum atomic E-state index is -0.275. The van der Waals surface area contributed by atoms with Crippen LogP contribution in [0.4, 0.5) is 0 Å². The second-order valence-electron chi connectivity index (χ2n) is 8.51. The standard InChI is InChI=1S/C25H22Cl2N2O4/c1-32-21-10-14(2-9-20(21)33-13-17-7-8-18(26)11-19(17)27)12-28-29-24(30)22-15-3-4-16(6-5-15)23(22)25(29)31/h2-4,7-12,15-16,22-23H,5-6,13H2,1H3/b28-12+. The lowest BCUT2D eigenvalue weighted by Gasteiger charge is -2.37. The van der Waals surface area contributed by atoms with Crippen LogP contribution in [0.25, 0.3) is 0 Å². The van der Waals surface area contributed by atoms with Gasteiger partial charge in [0.1, 0.15) is 6.61 Å². The van der Waals surface area contributed by atoms with Gasteiger partial charge < -0.3 is 9.47 Å². The number of amides is 2. The molecule has 0 N–H and O–H groups in total. The minimum Gasteiger partial charge on any atom is -0.493 e. The van der Waals surface area contributed by atoms with Gasteiger partial charge in [-0.1, -0.05) is 41.4 Å². The van der Waals surface area contributed by atoms with Gasteiger partial charge in [0.2, 0.25) is 0 Å². The highest BCUT2D eigenvalue weighted by atomic mass is 35.5. The predicted octanol–water partition coefficient (Wildman–Crippen LogP) is 5.11. The Labute approximate surface area is 201 Å². The third kappa shape index (κ3) is 4.02. The Morgan fingerprint density at radius 2 is 1.70 bits per heavy atom. The summed E-state index contributed by atoms with van der Waals surface area (Å²) in [6.45, 7) is 0.246. The van der Waals surface area contributed by atoms with Gasteiger partial charge in [0.05, 0.1) is 25.2 Å². The summed E-state index contributed by atoms with van der Waals surface area (Å²) in [5, 5.41) is 6.38. The normalized spacial score (nSPS) is 25.7.